The molecular formula is C21H16N2O6S. The molecule has 9 heteroatoms. The zero-order valence-electron chi connectivity index (χ0n) is 15.8. The Hall–Kier alpha value is -3.72. The molecule has 0 spiro atoms. The molecule has 0 saturated carbocycles. The Kier molecular flexibility index (Phi) is 4.96. The van der Waals surface area contributed by atoms with Crippen molar-refractivity contribution in [3.8, 4) is 5.75 Å². The average molecular weight is 424 g/mol. The number of hydrogen-bond donors (Lipinski definition) is 1. The van der Waals surface area contributed by atoms with Gasteiger partial charge in [-0.05, 0) is 24.6 Å². The summed E-state index contributed by atoms with van der Waals surface area (Å²) < 4.78 is 11.3. The van der Waals surface area contributed by atoms with Gasteiger partial charge in [0.05, 0.1) is 23.0 Å². The van der Waals surface area contributed by atoms with Gasteiger partial charge in [-0.25, -0.2) is 4.79 Å². The molecule has 3 aromatic rings. The fraction of sp³-hybridized carbons (Fsp3) is 0.143. The number of esters is 1. The van der Waals surface area contributed by atoms with Crippen molar-refractivity contribution in [3.63, 3.8) is 0 Å². The van der Waals surface area contributed by atoms with E-state index in [4.69, 9.17) is 15.2 Å². The second-order valence-electron chi connectivity index (χ2n) is 6.51. The molecule has 1 unspecified atom stereocenters. The monoisotopic (exact) mass is 424 g/mol. The SMILES string of the molecule is CCOC(=O)C1=C(N)Oc2c(c(=O)sc3ccccc23)C1c1cccc([N+](=O)[O-])c1. The average Bonchev–Trinajstić information content (AvgIpc) is 2.73. The fourth-order valence-electron chi connectivity index (χ4n) is 3.52. The lowest BCUT2D eigenvalue weighted by Gasteiger charge is -2.28. The summed E-state index contributed by atoms with van der Waals surface area (Å²) in [6, 6.07) is 12.9. The van der Waals surface area contributed by atoms with Crippen molar-refractivity contribution in [2.75, 3.05) is 6.61 Å². The minimum atomic E-state index is -0.957. The van der Waals surface area contributed by atoms with Gasteiger partial charge >= 0.3 is 5.97 Å². The molecule has 0 amide bonds. The van der Waals surface area contributed by atoms with Gasteiger partial charge in [-0.1, -0.05) is 35.6 Å². The first-order valence-electron chi connectivity index (χ1n) is 9.07. The van der Waals surface area contributed by atoms with Crippen LogP contribution in [0.1, 0.15) is 24.0 Å². The molecule has 2 aromatic carbocycles. The third-order valence-electron chi connectivity index (χ3n) is 4.76. The van der Waals surface area contributed by atoms with Crippen LogP contribution in [-0.2, 0) is 9.53 Å². The number of nitrogens with two attached hydrogens (primary N) is 1. The number of carbonyl (C=O) groups is 1. The first-order chi connectivity index (χ1) is 14.4. The third kappa shape index (κ3) is 3.18. The topological polar surface area (TPSA) is 122 Å². The lowest BCUT2D eigenvalue weighted by molar-refractivity contribution is -0.384. The molecular weight excluding hydrogens is 408 g/mol. The maximum absolute atomic E-state index is 13.1. The van der Waals surface area contributed by atoms with E-state index in [0.717, 1.165) is 11.3 Å². The second kappa shape index (κ2) is 7.60. The zero-order chi connectivity index (χ0) is 21.4. The van der Waals surface area contributed by atoms with Gasteiger partial charge in [-0.2, -0.15) is 0 Å². The van der Waals surface area contributed by atoms with Crippen LogP contribution in [0, 0.1) is 10.1 Å². The number of nitrogens with zero attached hydrogens (tertiary/aromatic N) is 1. The minimum absolute atomic E-state index is 0.0515. The molecule has 0 fully saturated rings. The lowest BCUT2D eigenvalue weighted by Crippen LogP contribution is -2.30. The highest BCUT2D eigenvalue weighted by Gasteiger charge is 2.39. The first-order valence-corrected chi connectivity index (χ1v) is 9.88. The molecule has 2 heterocycles. The summed E-state index contributed by atoms with van der Waals surface area (Å²) in [5.74, 6) is -1.65. The number of fused-ring (bicyclic) bond motifs is 3. The molecule has 0 bridgehead atoms. The van der Waals surface area contributed by atoms with Crippen molar-refractivity contribution in [3.05, 3.63) is 90.8 Å². The number of nitro benzene ring substituents is 1. The summed E-state index contributed by atoms with van der Waals surface area (Å²) in [6.45, 7) is 1.73. The normalized spacial score (nSPS) is 15.4. The van der Waals surface area contributed by atoms with E-state index in [1.807, 2.05) is 0 Å². The van der Waals surface area contributed by atoms with Gasteiger partial charge in [0.1, 0.15) is 11.3 Å². The molecule has 0 aliphatic carbocycles. The second-order valence-corrected chi connectivity index (χ2v) is 7.53. The molecule has 30 heavy (non-hydrogen) atoms. The Bertz CT molecular complexity index is 1280. The van der Waals surface area contributed by atoms with Crippen molar-refractivity contribution < 1.29 is 19.2 Å². The highest BCUT2D eigenvalue weighted by atomic mass is 32.1. The summed E-state index contributed by atoms with van der Waals surface area (Å²) in [5.41, 5.74) is 6.48. The number of hydrogen-bond acceptors (Lipinski definition) is 8. The highest BCUT2D eigenvalue weighted by molar-refractivity contribution is 7.16. The van der Waals surface area contributed by atoms with Crippen LogP contribution < -0.4 is 15.2 Å². The smallest absolute Gasteiger partial charge is 0.340 e. The van der Waals surface area contributed by atoms with Gasteiger partial charge in [0.2, 0.25) is 10.6 Å². The molecule has 1 atom stereocenters. The summed E-state index contributed by atoms with van der Waals surface area (Å²) >= 11 is 1.01. The van der Waals surface area contributed by atoms with E-state index in [0.29, 0.717) is 15.6 Å². The molecule has 1 aliphatic heterocycles. The van der Waals surface area contributed by atoms with E-state index >= 15 is 0 Å². The Balaban J connectivity index is 2.05. The van der Waals surface area contributed by atoms with Gasteiger partial charge in [0, 0.05) is 22.2 Å². The van der Waals surface area contributed by atoms with Gasteiger partial charge < -0.3 is 15.2 Å². The number of nitro groups is 1. The van der Waals surface area contributed by atoms with E-state index in [1.165, 1.54) is 18.2 Å². The number of non-ortho nitro benzene ring substituents is 1. The highest BCUT2D eigenvalue weighted by Crippen LogP contribution is 2.45. The predicted octanol–water partition coefficient (Wildman–Crippen LogP) is 3.43. The van der Waals surface area contributed by atoms with Crippen molar-refractivity contribution >= 4 is 33.1 Å². The van der Waals surface area contributed by atoms with E-state index in [1.54, 1.807) is 37.3 Å². The van der Waals surface area contributed by atoms with Gasteiger partial charge in [-0.15, -0.1) is 0 Å². The minimum Gasteiger partial charge on any atom is -0.462 e. The maximum atomic E-state index is 13.1. The Morgan fingerprint density at radius 3 is 2.77 bits per heavy atom. The molecule has 1 aromatic heterocycles. The van der Waals surface area contributed by atoms with Crippen LogP contribution in [0.2, 0.25) is 0 Å². The van der Waals surface area contributed by atoms with E-state index in [9.17, 15) is 19.7 Å². The van der Waals surface area contributed by atoms with E-state index < -0.39 is 16.8 Å². The third-order valence-corrected chi connectivity index (χ3v) is 5.74. The molecule has 2 N–H and O–H groups in total. The fourth-order valence-corrected chi connectivity index (χ4v) is 4.46. The van der Waals surface area contributed by atoms with Gasteiger partial charge in [0.15, 0.2) is 0 Å². The van der Waals surface area contributed by atoms with Crippen LogP contribution in [0.15, 0.2) is 64.8 Å². The number of benzene rings is 2. The van der Waals surface area contributed by atoms with Crippen molar-refractivity contribution in [1.29, 1.82) is 0 Å². The van der Waals surface area contributed by atoms with Crippen LogP contribution in [0.4, 0.5) is 5.69 Å². The van der Waals surface area contributed by atoms with Crippen molar-refractivity contribution in [2.45, 2.75) is 12.8 Å². The summed E-state index contributed by atoms with van der Waals surface area (Å²) in [4.78, 5) is 36.6. The van der Waals surface area contributed by atoms with Crippen LogP contribution >= 0.6 is 11.3 Å². The maximum Gasteiger partial charge on any atom is 0.340 e. The number of rotatable bonds is 4. The quantitative estimate of drug-likeness (QED) is 0.387. The Labute approximate surface area is 174 Å². The molecule has 4 rings (SSSR count). The number of ether oxygens (including phenoxy) is 2. The molecule has 0 radical (unpaired) electrons. The van der Waals surface area contributed by atoms with Crippen LogP contribution in [0.25, 0.3) is 10.1 Å². The van der Waals surface area contributed by atoms with Crippen LogP contribution in [0.3, 0.4) is 0 Å². The summed E-state index contributed by atoms with van der Waals surface area (Å²) in [6.07, 6.45) is 0. The Morgan fingerprint density at radius 1 is 1.27 bits per heavy atom. The summed E-state index contributed by atoms with van der Waals surface area (Å²) in [5, 5.41) is 12.0. The van der Waals surface area contributed by atoms with Gasteiger partial charge in [-0.3, -0.25) is 14.9 Å². The first kappa shape index (κ1) is 19.6. The van der Waals surface area contributed by atoms with Gasteiger partial charge in [0.25, 0.3) is 5.69 Å². The molecule has 1 aliphatic rings. The zero-order valence-corrected chi connectivity index (χ0v) is 16.6. The molecule has 152 valence electrons. The largest absolute Gasteiger partial charge is 0.462 e. The number of carbonyl (C=O) groups excluding carboxylic acids is 1. The molecule has 8 nitrogen and oxygen atoms in total. The van der Waals surface area contributed by atoms with Crippen LogP contribution in [0.5, 0.6) is 5.75 Å². The van der Waals surface area contributed by atoms with Crippen molar-refractivity contribution in [2.24, 2.45) is 5.73 Å². The van der Waals surface area contributed by atoms with E-state index in [2.05, 4.69) is 0 Å². The van der Waals surface area contributed by atoms with E-state index in [-0.39, 0.29) is 39.8 Å². The van der Waals surface area contributed by atoms with Crippen molar-refractivity contribution in [1.82, 2.24) is 0 Å². The summed E-state index contributed by atoms with van der Waals surface area (Å²) in [7, 11) is 0. The van der Waals surface area contributed by atoms with Crippen LogP contribution in [-0.4, -0.2) is 17.5 Å². The lowest BCUT2D eigenvalue weighted by atomic mass is 9.83. The Morgan fingerprint density at radius 2 is 2.03 bits per heavy atom. The molecule has 0 saturated heterocycles. The standard InChI is InChI=1S/C21H16N2O6S/c1-2-28-20(24)17-15(11-6-5-7-12(10-11)23(26)27)16-18(29-19(17)22)13-8-3-4-9-14(13)30-21(16)25/h3-10,15H,2,22H2,1H3. The predicted molar refractivity (Wildman–Crippen MR) is 112 cm³/mol.